The minimum absolute atomic E-state index is 0.110. The molecule has 0 aliphatic heterocycles. The molecule has 0 aromatic heterocycles. The molecule has 0 saturated heterocycles. The number of nitrogens with zero attached hydrogens (tertiary/aromatic N) is 3. The molecule has 6 heteroatoms. The number of hydrogen-bond acceptors (Lipinski definition) is 1. The maximum atomic E-state index is 13.1. The van der Waals surface area contributed by atoms with Crippen LogP contribution in [0.4, 0.5) is 4.39 Å². The summed E-state index contributed by atoms with van der Waals surface area (Å²) in [5.41, 5.74) is 8.45. The van der Waals surface area contributed by atoms with Crippen molar-refractivity contribution in [1.82, 2.24) is 0 Å². The van der Waals surface area contributed by atoms with E-state index < -0.39 is 5.82 Å². The highest BCUT2D eigenvalue weighted by Gasteiger charge is 2.05. The van der Waals surface area contributed by atoms with Crippen molar-refractivity contribution in [1.29, 1.82) is 0 Å². The maximum absolute atomic E-state index is 13.1. The van der Waals surface area contributed by atoms with Crippen LogP contribution in [0.25, 0.3) is 10.4 Å². The van der Waals surface area contributed by atoms with Gasteiger partial charge in [-0.2, -0.15) is 0 Å². The monoisotopic (exact) mass is 257 g/mol. The molecule has 0 saturated carbocycles. The summed E-state index contributed by atoms with van der Waals surface area (Å²) >= 11 is 11.2. The number of rotatable bonds is 2. The van der Waals surface area contributed by atoms with Crippen LogP contribution in [0.15, 0.2) is 17.2 Å². The van der Waals surface area contributed by atoms with E-state index in [9.17, 15) is 4.39 Å². The summed E-state index contributed by atoms with van der Waals surface area (Å²) in [4.78, 5) is 2.58. The first-order valence-corrected chi connectivity index (χ1v) is 5.05. The summed E-state index contributed by atoms with van der Waals surface area (Å²) in [5, 5.41) is 3.33. The van der Waals surface area contributed by atoms with Crippen LogP contribution in [0.3, 0.4) is 0 Å². The Balaban J connectivity index is 2.78. The van der Waals surface area contributed by atoms with Crippen LogP contribution in [-0.2, 0) is 0 Å². The minimum atomic E-state index is -0.603. The Morgan fingerprint density at radius 2 is 2.19 bits per heavy atom. The first-order valence-electron chi connectivity index (χ1n) is 4.29. The summed E-state index contributed by atoms with van der Waals surface area (Å²) in [7, 11) is 0. The van der Waals surface area contributed by atoms with Gasteiger partial charge in [0.25, 0.3) is 0 Å². The molecule has 0 unspecified atom stereocenters. The van der Waals surface area contributed by atoms with Gasteiger partial charge >= 0.3 is 0 Å². The molecule has 0 amide bonds. The predicted molar refractivity (Wildman–Crippen MR) is 61.9 cm³/mol. The Hall–Kier alpha value is -1.40. The number of halogens is 3. The van der Waals surface area contributed by atoms with E-state index in [2.05, 4.69) is 21.9 Å². The van der Waals surface area contributed by atoms with Crippen LogP contribution in [0.2, 0.25) is 10.0 Å². The fraction of sp³-hybridized carbons (Fsp3) is 0.200. The minimum Gasteiger partial charge on any atom is -0.205 e. The molecule has 0 N–H and O–H groups in total. The molecule has 1 aromatic carbocycles. The lowest BCUT2D eigenvalue weighted by Crippen LogP contribution is -1.83. The van der Waals surface area contributed by atoms with E-state index in [1.807, 2.05) is 0 Å². The quantitative estimate of drug-likeness (QED) is 0.191. The molecule has 82 valence electrons. The van der Waals surface area contributed by atoms with Crippen LogP contribution in [-0.4, -0.2) is 6.54 Å². The van der Waals surface area contributed by atoms with Gasteiger partial charge in [0.1, 0.15) is 5.82 Å². The molecule has 0 fully saturated rings. The molecule has 0 aliphatic rings. The highest BCUT2D eigenvalue weighted by atomic mass is 35.5. The molecule has 1 rings (SSSR count). The Bertz CT molecular complexity index is 476. The molecule has 3 nitrogen and oxygen atoms in total. The van der Waals surface area contributed by atoms with E-state index in [4.69, 9.17) is 28.7 Å². The number of hydrogen-bond donors (Lipinski definition) is 0. The second-order valence-corrected chi connectivity index (χ2v) is 3.55. The fourth-order valence-corrected chi connectivity index (χ4v) is 1.26. The molecule has 0 atom stereocenters. The van der Waals surface area contributed by atoms with Gasteiger partial charge in [0, 0.05) is 23.4 Å². The first-order chi connectivity index (χ1) is 7.65. The zero-order valence-corrected chi connectivity index (χ0v) is 9.56. The standard InChI is InChI=1S/C10H6Cl2FN3/c11-8-5-7(6-9(13)10(8)12)3-1-2-4-15-16-14/h5-6H,2,4H2. The maximum Gasteiger partial charge on any atom is 0.144 e. The fourth-order valence-electron chi connectivity index (χ4n) is 0.943. The molecule has 0 spiro atoms. The first kappa shape index (κ1) is 12.7. The average Bonchev–Trinajstić information content (AvgIpc) is 2.25. The van der Waals surface area contributed by atoms with Gasteiger partial charge in [-0.25, -0.2) is 4.39 Å². The summed E-state index contributed by atoms with van der Waals surface area (Å²) in [6.07, 6.45) is 0.409. The van der Waals surface area contributed by atoms with Gasteiger partial charge in [0.05, 0.1) is 10.0 Å². The predicted octanol–water partition coefficient (Wildman–Crippen LogP) is 4.18. The van der Waals surface area contributed by atoms with Crippen LogP contribution in [0, 0.1) is 17.7 Å². The molecular weight excluding hydrogens is 252 g/mol. The normalized spacial score (nSPS) is 8.94. The zero-order valence-electron chi connectivity index (χ0n) is 8.04. The molecule has 16 heavy (non-hydrogen) atoms. The number of benzene rings is 1. The van der Waals surface area contributed by atoms with Crippen molar-refractivity contribution in [2.45, 2.75) is 6.42 Å². The largest absolute Gasteiger partial charge is 0.205 e. The summed E-state index contributed by atoms with van der Waals surface area (Å²) in [6, 6.07) is 2.68. The highest BCUT2D eigenvalue weighted by molar-refractivity contribution is 6.42. The van der Waals surface area contributed by atoms with Crippen LogP contribution in [0.1, 0.15) is 12.0 Å². The van der Waals surface area contributed by atoms with Crippen molar-refractivity contribution < 1.29 is 4.39 Å². The van der Waals surface area contributed by atoms with E-state index in [0.717, 1.165) is 0 Å². The highest BCUT2D eigenvalue weighted by Crippen LogP contribution is 2.25. The second-order valence-electron chi connectivity index (χ2n) is 2.76. The molecule has 1 aromatic rings. The third-order valence-corrected chi connectivity index (χ3v) is 2.40. The van der Waals surface area contributed by atoms with Crippen molar-refractivity contribution in [3.05, 3.63) is 44.0 Å². The Morgan fingerprint density at radius 1 is 1.44 bits per heavy atom. The Kier molecular flexibility index (Phi) is 4.94. The van der Waals surface area contributed by atoms with Crippen LogP contribution < -0.4 is 0 Å². The topological polar surface area (TPSA) is 48.8 Å². The van der Waals surface area contributed by atoms with Crippen molar-refractivity contribution in [3.8, 4) is 11.8 Å². The molecule has 0 heterocycles. The van der Waals surface area contributed by atoms with E-state index in [0.29, 0.717) is 12.0 Å². The average molecular weight is 258 g/mol. The second kappa shape index (κ2) is 6.24. The van der Waals surface area contributed by atoms with Gasteiger partial charge < -0.3 is 0 Å². The van der Waals surface area contributed by atoms with Gasteiger partial charge in [-0.05, 0) is 17.7 Å². The summed E-state index contributed by atoms with van der Waals surface area (Å²) in [5.74, 6) is 4.82. The zero-order chi connectivity index (χ0) is 12.0. The van der Waals surface area contributed by atoms with Crippen molar-refractivity contribution >= 4 is 23.2 Å². The van der Waals surface area contributed by atoms with E-state index in [1.54, 1.807) is 0 Å². The molecule has 0 aliphatic carbocycles. The van der Waals surface area contributed by atoms with Crippen molar-refractivity contribution in [2.75, 3.05) is 6.54 Å². The third kappa shape index (κ3) is 3.63. The lowest BCUT2D eigenvalue weighted by Gasteiger charge is -1.98. The lowest BCUT2D eigenvalue weighted by atomic mass is 10.2. The van der Waals surface area contributed by atoms with Gasteiger partial charge in [-0.3, -0.25) is 0 Å². The van der Waals surface area contributed by atoms with Gasteiger partial charge in [-0.1, -0.05) is 40.2 Å². The number of azide groups is 1. The van der Waals surface area contributed by atoms with Crippen molar-refractivity contribution in [2.24, 2.45) is 5.11 Å². The molecular formula is C10H6Cl2FN3. The van der Waals surface area contributed by atoms with Crippen LogP contribution >= 0.6 is 23.2 Å². The van der Waals surface area contributed by atoms with Crippen LogP contribution in [0.5, 0.6) is 0 Å². The van der Waals surface area contributed by atoms with Crippen molar-refractivity contribution in [3.63, 3.8) is 0 Å². The SMILES string of the molecule is [N-]=[N+]=NCCC#Cc1cc(F)c(Cl)c(Cl)c1. The van der Waals surface area contributed by atoms with Gasteiger partial charge in [0.15, 0.2) is 0 Å². The van der Waals surface area contributed by atoms with Gasteiger partial charge in [-0.15, -0.1) is 0 Å². The van der Waals surface area contributed by atoms with E-state index in [-0.39, 0.29) is 16.6 Å². The van der Waals surface area contributed by atoms with E-state index >= 15 is 0 Å². The lowest BCUT2D eigenvalue weighted by molar-refractivity contribution is 0.628. The summed E-state index contributed by atoms with van der Waals surface area (Å²) in [6.45, 7) is 0.285. The van der Waals surface area contributed by atoms with Gasteiger partial charge in [0.2, 0.25) is 0 Å². The summed E-state index contributed by atoms with van der Waals surface area (Å²) < 4.78 is 13.1. The molecule has 0 bridgehead atoms. The smallest absolute Gasteiger partial charge is 0.144 e. The van der Waals surface area contributed by atoms with E-state index in [1.165, 1.54) is 12.1 Å². The Morgan fingerprint density at radius 3 is 2.81 bits per heavy atom. The molecule has 0 radical (unpaired) electrons. The third-order valence-electron chi connectivity index (χ3n) is 1.62. The Labute approximate surface area is 102 Å².